The summed E-state index contributed by atoms with van der Waals surface area (Å²) < 4.78 is 48.6. The van der Waals surface area contributed by atoms with Crippen molar-refractivity contribution in [3.63, 3.8) is 0 Å². The van der Waals surface area contributed by atoms with E-state index in [9.17, 15) is 18.0 Å². The maximum Gasteiger partial charge on any atom is 0.416 e. The number of aryl methyl sites for hydroxylation is 2. The number of benzene rings is 2. The van der Waals surface area contributed by atoms with Gasteiger partial charge in [0.15, 0.2) is 0 Å². The fourth-order valence-electron chi connectivity index (χ4n) is 3.02. The number of ether oxygens (including phenoxy) is 1. The smallest absolute Gasteiger partial charge is 0.416 e. The van der Waals surface area contributed by atoms with Crippen molar-refractivity contribution in [3.8, 4) is 5.75 Å². The molecule has 0 atom stereocenters. The summed E-state index contributed by atoms with van der Waals surface area (Å²) in [6, 6.07) is 12.2. The van der Waals surface area contributed by atoms with Crippen molar-refractivity contribution < 1.29 is 27.2 Å². The third-order valence-corrected chi connectivity index (χ3v) is 4.87. The van der Waals surface area contributed by atoms with Gasteiger partial charge in [-0.3, -0.25) is 4.79 Å². The number of nitrogens with zero attached hydrogens (tertiary/aromatic N) is 1. The fourth-order valence-corrected chi connectivity index (χ4v) is 3.02. The summed E-state index contributed by atoms with van der Waals surface area (Å²) in [4.78, 5) is 12.1. The molecule has 0 bridgehead atoms. The van der Waals surface area contributed by atoms with Crippen LogP contribution in [0.15, 0.2) is 53.1 Å². The van der Waals surface area contributed by atoms with Gasteiger partial charge in [-0.05, 0) is 55.7 Å². The summed E-state index contributed by atoms with van der Waals surface area (Å²) in [6.45, 7) is 4.39. The van der Waals surface area contributed by atoms with Crippen LogP contribution in [0.25, 0.3) is 0 Å². The summed E-state index contributed by atoms with van der Waals surface area (Å²) in [6.07, 6.45) is -3.68. The predicted octanol–water partition coefficient (Wildman–Crippen LogP) is 4.79. The highest BCUT2D eigenvalue weighted by Crippen LogP contribution is 2.29. The van der Waals surface area contributed by atoms with E-state index >= 15 is 0 Å². The van der Waals surface area contributed by atoms with Crippen LogP contribution in [0.4, 0.5) is 13.2 Å². The van der Waals surface area contributed by atoms with Gasteiger partial charge in [0.1, 0.15) is 18.1 Å². The zero-order valence-electron chi connectivity index (χ0n) is 17.3. The minimum atomic E-state index is -4.35. The van der Waals surface area contributed by atoms with Crippen molar-refractivity contribution in [2.75, 3.05) is 6.54 Å². The minimum Gasteiger partial charge on any atom is -0.489 e. The topological polar surface area (TPSA) is 64.4 Å². The molecule has 0 radical (unpaired) electrons. The van der Waals surface area contributed by atoms with Gasteiger partial charge in [0.05, 0.1) is 23.2 Å². The minimum absolute atomic E-state index is 0.156. The molecule has 1 heterocycles. The van der Waals surface area contributed by atoms with Crippen LogP contribution >= 0.6 is 0 Å². The number of rotatable bonds is 8. The lowest BCUT2D eigenvalue weighted by atomic mass is 10.1. The summed E-state index contributed by atoms with van der Waals surface area (Å²) in [5.74, 6) is 1.24. The largest absolute Gasteiger partial charge is 0.489 e. The summed E-state index contributed by atoms with van der Waals surface area (Å²) in [7, 11) is 0. The molecule has 0 aliphatic rings. The molecule has 1 amide bonds. The second-order valence-corrected chi connectivity index (χ2v) is 7.21. The number of halogens is 3. The maximum atomic E-state index is 12.6. The van der Waals surface area contributed by atoms with Crippen molar-refractivity contribution >= 4 is 5.91 Å². The van der Waals surface area contributed by atoms with Gasteiger partial charge in [-0.25, -0.2) is 0 Å². The van der Waals surface area contributed by atoms with Crippen molar-refractivity contribution in [2.24, 2.45) is 0 Å². The maximum absolute atomic E-state index is 12.6. The van der Waals surface area contributed by atoms with E-state index in [1.807, 2.05) is 26.0 Å². The number of aromatic nitrogens is 1. The molecule has 164 valence electrons. The fraction of sp³-hybridized carbons (Fsp3) is 0.304. The number of carbonyl (C=O) groups excluding carboxylic acids is 1. The molecule has 0 saturated heterocycles. The normalized spacial score (nSPS) is 11.4. The quantitative estimate of drug-likeness (QED) is 0.556. The Bertz CT molecular complexity index is 991. The first-order valence-corrected chi connectivity index (χ1v) is 9.78. The number of amides is 1. The average molecular weight is 432 g/mol. The van der Waals surface area contributed by atoms with E-state index in [0.717, 1.165) is 40.3 Å². The van der Waals surface area contributed by atoms with Crippen LogP contribution in [0.2, 0.25) is 0 Å². The molecular formula is C23H23F3N2O3. The second-order valence-electron chi connectivity index (χ2n) is 7.21. The Morgan fingerprint density at radius 2 is 1.68 bits per heavy atom. The number of hydrogen-bond acceptors (Lipinski definition) is 4. The molecule has 31 heavy (non-hydrogen) atoms. The van der Waals surface area contributed by atoms with Crippen molar-refractivity contribution in [3.05, 3.63) is 82.2 Å². The lowest BCUT2D eigenvalue weighted by Crippen LogP contribution is -2.27. The van der Waals surface area contributed by atoms with E-state index in [-0.39, 0.29) is 12.3 Å². The first-order valence-electron chi connectivity index (χ1n) is 9.78. The molecule has 0 aliphatic carbocycles. The lowest BCUT2D eigenvalue weighted by molar-refractivity contribution is -0.137. The predicted molar refractivity (Wildman–Crippen MR) is 109 cm³/mol. The molecule has 0 saturated carbocycles. The van der Waals surface area contributed by atoms with Crippen molar-refractivity contribution in [1.29, 1.82) is 0 Å². The Hall–Kier alpha value is -3.29. The average Bonchev–Trinajstić information content (AvgIpc) is 3.05. The lowest BCUT2D eigenvalue weighted by Gasteiger charge is -2.09. The Labute approximate surface area is 178 Å². The van der Waals surface area contributed by atoms with Gasteiger partial charge in [0.25, 0.3) is 0 Å². The summed E-state index contributed by atoms with van der Waals surface area (Å²) in [5, 5.41) is 6.67. The molecule has 3 aromatic rings. The van der Waals surface area contributed by atoms with Crippen LogP contribution in [0, 0.1) is 13.8 Å². The zero-order valence-corrected chi connectivity index (χ0v) is 17.3. The van der Waals surface area contributed by atoms with Gasteiger partial charge in [-0.2, -0.15) is 13.2 Å². The molecule has 5 nitrogen and oxygen atoms in total. The Balaban J connectivity index is 1.42. The highest BCUT2D eigenvalue weighted by molar-refractivity contribution is 5.78. The van der Waals surface area contributed by atoms with Crippen LogP contribution < -0.4 is 10.1 Å². The SMILES string of the molecule is Cc1noc(C)c1COc1ccc(CC(=O)NCCc2ccc(C(F)(F)F)cc2)cc1. The summed E-state index contributed by atoms with van der Waals surface area (Å²) >= 11 is 0. The van der Waals surface area contributed by atoms with Crippen LogP contribution in [0.5, 0.6) is 5.75 Å². The van der Waals surface area contributed by atoms with Gasteiger partial charge < -0.3 is 14.6 Å². The number of nitrogens with one attached hydrogen (secondary N) is 1. The first-order chi connectivity index (χ1) is 14.7. The van der Waals surface area contributed by atoms with Crippen LogP contribution in [0.3, 0.4) is 0 Å². The molecule has 1 N–H and O–H groups in total. The second kappa shape index (κ2) is 9.68. The first kappa shape index (κ1) is 22.4. The van der Waals surface area contributed by atoms with Crippen molar-refractivity contribution in [1.82, 2.24) is 10.5 Å². The third kappa shape index (κ3) is 6.34. The van der Waals surface area contributed by atoms with Crippen LogP contribution in [-0.4, -0.2) is 17.6 Å². The molecule has 8 heteroatoms. The Morgan fingerprint density at radius 1 is 1.03 bits per heavy atom. The molecule has 3 rings (SSSR count). The van der Waals surface area contributed by atoms with Gasteiger partial charge in [0.2, 0.25) is 5.91 Å². The number of hydrogen-bond donors (Lipinski definition) is 1. The van der Waals surface area contributed by atoms with E-state index < -0.39 is 11.7 Å². The van der Waals surface area contributed by atoms with E-state index in [1.165, 1.54) is 12.1 Å². The molecule has 2 aromatic carbocycles. The highest BCUT2D eigenvalue weighted by Gasteiger charge is 2.29. The third-order valence-electron chi connectivity index (χ3n) is 4.87. The van der Waals surface area contributed by atoms with E-state index in [4.69, 9.17) is 9.26 Å². The monoisotopic (exact) mass is 432 g/mol. The summed E-state index contributed by atoms with van der Waals surface area (Å²) in [5.41, 5.74) is 2.59. The molecular weight excluding hydrogens is 409 g/mol. The zero-order chi connectivity index (χ0) is 22.4. The van der Waals surface area contributed by atoms with Crippen molar-refractivity contribution in [2.45, 2.75) is 39.5 Å². The van der Waals surface area contributed by atoms with E-state index in [0.29, 0.717) is 25.3 Å². The molecule has 1 aromatic heterocycles. The molecule has 0 aliphatic heterocycles. The number of alkyl halides is 3. The molecule has 0 unspecified atom stereocenters. The molecule has 0 spiro atoms. The Morgan fingerprint density at radius 3 is 2.26 bits per heavy atom. The van der Waals surface area contributed by atoms with Crippen LogP contribution in [-0.2, 0) is 30.4 Å². The van der Waals surface area contributed by atoms with Crippen LogP contribution in [0.1, 0.15) is 33.7 Å². The Kier molecular flexibility index (Phi) is 6.99. The van der Waals surface area contributed by atoms with Gasteiger partial charge in [-0.15, -0.1) is 0 Å². The standard InChI is InChI=1S/C23H23F3N2O3/c1-15-21(16(2)31-28-15)14-30-20-9-5-18(6-10-20)13-22(29)27-12-11-17-3-7-19(8-4-17)23(24,25)26/h3-10H,11-14H2,1-2H3,(H,27,29). The molecule has 0 fully saturated rings. The number of carbonyl (C=O) groups is 1. The van der Waals surface area contributed by atoms with E-state index in [2.05, 4.69) is 10.5 Å². The van der Waals surface area contributed by atoms with Gasteiger partial charge in [0, 0.05) is 6.54 Å². The van der Waals surface area contributed by atoms with E-state index in [1.54, 1.807) is 12.1 Å². The van der Waals surface area contributed by atoms with Gasteiger partial charge >= 0.3 is 6.18 Å². The highest BCUT2D eigenvalue weighted by atomic mass is 19.4. The van der Waals surface area contributed by atoms with Gasteiger partial charge in [-0.1, -0.05) is 29.4 Å².